The van der Waals surface area contributed by atoms with Gasteiger partial charge in [0.15, 0.2) is 0 Å². The molecule has 0 saturated carbocycles. The molecular formula is C11H16N2O. The summed E-state index contributed by atoms with van der Waals surface area (Å²) in [5.74, 6) is -0.113. The van der Waals surface area contributed by atoms with E-state index in [9.17, 15) is 4.79 Å². The molecule has 0 bridgehead atoms. The van der Waals surface area contributed by atoms with Crippen LogP contribution < -0.4 is 11.1 Å². The van der Waals surface area contributed by atoms with Gasteiger partial charge < -0.3 is 11.1 Å². The monoisotopic (exact) mass is 192 g/mol. The van der Waals surface area contributed by atoms with Crippen LogP contribution in [-0.2, 0) is 4.79 Å². The number of nitrogens with one attached hydrogen (secondary N) is 1. The number of amides is 1. The van der Waals surface area contributed by atoms with E-state index < -0.39 is 6.04 Å². The SMILES string of the molecule is CCCNC(=O)[C@@H](N)c1ccccc1. The van der Waals surface area contributed by atoms with Gasteiger partial charge in [-0.3, -0.25) is 4.79 Å². The highest BCUT2D eigenvalue weighted by molar-refractivity contribution is 5.82. The summed E-state index contributed by atoms with van der Waals surface area (Å²) >= 11 is 0. The number of hydrogen-bond acceptors (Lipinski definition) is 2. The number of nitrogens with two attached hydrogens (primary N) is 1. The van der Waals surface area contributed by atoms with Crippen LogP contribution in [0.2, 0.25) is 0 Å². The lowest BCUT2D eigenvalue weighted by molar-refractivity contribution is -0.122. The van der Waals surface area contributed by atoms with Gasteiger partial charge in [0.25, 0.3) is 0 Å². The van der Waals surface area contributed by atoms with E-state index in [4.69, 9.17) is 5.73 Å². The Bertz CT molecular complexity index is 285. The number of carbonyl (C=O) groups is 1. The van der Waals surface area contributed by atoms with E-state index in [-0.39, 0.29) is 5.91 Å². The van der Waals surface area contributed by atoms with Gasteiger partial charge in [0.1, 0.15) is 6.04 Å². The standard InChI is InChI=1S/C11H16N2O/c1-2-8-13-11(14)10(12)9-6-4-3-5-7-9/h3-7,10H,2,8,12H2,1H3,(H,13,14)/t10-/m0/s1. The van der Waals surface area contributed by atoms with Crippen LogP contribution in [0, 0.1) is 0 Å². The summed E-state index contributed by atoms with van der Waals surface area (Å²) in [6, 6.07) is 8.82. The van der Waals surface area contributed by atoms with Crippen molar-refractivity contribution in [3.8, 4) is 0 Å². The van der Waals surface area contributed by atoms with Crippen LogP contribution in [0.5, 0.6) is 0 Å². The molecule has 0 aromatic heterocycles. The summed E-state index contributed by atoms with van der Waals surface area (Å²) in [5.41, 5.74) is 6.62. The Morgan fingerprint density at radius 1 is 1.43 bits per heavy atom. The van der Waals surface area contributed by atoms with E-state index in [0.717, 1.165) is 12.0 Å². The van der Waals surface area contributed by atoms with Crippen LogP contribution in [0.15, 0.2) is 30.3 Å². The molecule has 0 heterocycles. The molecule has 0 fully saturated rings. The molecule has 0 spiro atoms. The lowest BCUT2D eigenvalue weighted by Gasteiger charge is -2.11. The zero-order valence-electron chi connectivity index (χ0n) is 8.36. The molecule has 3 N–H and O–H groups in total. The molecule has 1 amide bonds. The molecule has 3 nitrogen and oxygen atoms in total. The zero-order valence-corrected chi connectivity index (χ0v) is 8.36. The average Bonchev–Trinajstić information content (AvgIpc) is 2.26. The van der Waals surface area contributed by atoms with Crippen molar-refractivity contribution in [2.24, 2.45) is 5.73 Å². The summed E-state index contributed by atoms with van der Waals surface area (Å²) in [6.07, 6.45) is 0.924. The minimum Gasteiger partial charge on any atom is -0.354 e. The fourth-order valence-electron chi connectivity index (χ4n) is 1.17. The van der Waals surface area contributed by atoms with E-state index in [2.05, 4.69) is 5.32 Å². The smallest absolute Gasteiger partial charge is 0.241 e. The zero-order chi connectivity index (χ0) is 10.4. The molecule has 1 aromatic carbocycles. The third-order valence-corrected chi connectivity index (χ3v) is 1.99. The number of rotatable bonds is 4. The molecule has 14 heavy (non-hydrogen) atoms. The average molecular weight is 192 g/mol. The van der Waals surface area contributed by atoms with Gasteiger partial charge in [0, 0.05) is 6.54 Å². The lowest BCUT2D eigenvalue weighted by Crippen LogP contribution is -2.34. The number of benzene rings is 1. The van der Waals surface area contributed by atoms with Crippen LogP contribution >= 0.6 is 0 Å². The Balaban J connectivity index is 2.57. The van der Waals surface area contributed by atoms with Crippen molar-refractivity contribution in [2.45, 2.75) is 19.4 Å². The fraction of sp³-hybridized carbons (Fsp3) is 0.364. The lowest BCUT2D eigenvalue weighted by atomic mass is 10.1. The van der Waals surface area contributed by atoms with Crippen LogP contribution in [0.4, 0.5) is 0 Å². The molecule has 0 unspecified atom stereocenters. The van der Waals surface area contributed by atoms with Crippen molar-refractivity contribution in [1.82, 2.24) is 5.32 Å². The second-order valence-electron chi connectivity index (χ2n) is 3.18. The van der Waals surface area contributed by atoms with Gasteiger partial charge in [0.2, 0.25) is 5.91 Å². The van der Waals surface area contributed by atoms with Crippen LogP contribution in [0.25, 0.3) is 0 Å². The minimum absolute atomic E-state index is 0.113. The van der Waals surface area contributed by atoms with Crippen LogP contribution in [-0.4, -0.2) is 12.5 Å². The molecule has 1 aromatic rings. The Morgan fingerprint density at radius 2 is 2.07 bits per heavy atom. The molecule has 3 heteroatoms. The van der Waals surface area contributed by atoms with Gasteiger partial charge in [-0.25, -0.2) is 0 Å². The summed E-state index contributed by atoms with van der Waals surface area (Å²) < 4.78 is 0. The normalized spacial score (nSPS) is 12.1. The van der Waals surface area contributed by atoms with Crippen molar-refractivity contribution < 1.29 is 4.79 Å². The van der Waals surface area contributed by atoms with E-state index in [0.29, 0.717) is 6.54 Å². The van der Waals surface area contributed by atoms with Crippen molar-refractivity contribution in [3.63, 3.8) is 0 Å². The van der Waals surface area contributed by atoms with Crippen molar-refractivity contribution in [1.29, 1.82) is 0 Å². The first-order chi connectivity index (χ1) is 6.75. The fourth-order valence-corrected chi connectivity index (χ4v) is 1.17. The van der Waals surface area contributed by atoms with E-state index in [1.807, 2.05) is 37.3 Å². The van der Waals surface area contributed by atoms with E-state index in [1.165, 1.54) is 0 Å². The number of hydrogen-bond donors (Lipinski definition) is 2. The first-order valence-electron chi connectivity index (χ1n) is 4.84. The number of carbonyl (C=O) groups excluding carboxylic acids is 1. The van der Waals surface area contributed by atoms with E-state index >= 15 is 0 Å². The van der Waals surface area contributed by atoms with Gasteiger partial charge in [-0.15, -0.1) is 0 Å². The topological polar surface area (TPSA) is 55.1 Å². The molecule has 0 aliphatic rings. The summed E-state index contributed by atoms with van der Waals surface area (Å²) in [5, 5.41) is 2.77. The molecule has 0 aliphatic carbocycles. The Labute approximate surface area is 84.3 Å². The second kappa shape index (κ2) is 5.40. The van der Waals surface area contributed by atoms with Gasteiger partial charge in [-0.05, 0) is 12.0 Å². The second-order valence-corrected chi connectivity index (χ2v) is 3.18. The third kappa shape index (κ3) is 2.85. The largest absolute Gasteiger partial charge is 0.354 e. The molecule has 0 radical (unpaired) electrons. The van der Waals surface area contributed by atoms with Crippen LogP contribution in [0.1, 0.15) is 24.9 Å². The molecule has 0 saturated heterocycles. The maximum atomic E-state index is 11.5. The molecule has 1 atom stereocenters. The Morgan fingerprint density at radius 3 is 2.64 bits per heavy atom. The molecule has 76 valence electrons. The van der Waals surface area contributed by atoms with Gasteiger partial charge in [-0.2, -0.15) is 0 Å². The highest BCUT2D eigenvalue weighted by atomic mass is 16.2. The van der Waals surface area contributed by atoms with Crippen molar-refractivity contribution >= 4 is 5.91 Å². The van der Waals surface area contributed by atoms with Gasteiger partial charge in [-0.1, -0.05) is 37.3 Å². The first-order valence-corrected chi connectivity index (χ1v) is 4.84. The molecular weight excluding hydrogens is 176 g/mol. The summed E-state index contributed by atoms with van der Waals surface area (Å²) in [6.45, 7) is 2.69. The minimum atomic E-state index is -0.553. The van der Waals surface area contributed by atoms with Crippen molar-refractivity contribution in [2.75, 3.05) is 6.54 Å². The predicted molar refractivity (Wildman–Crippen MR) is 56.7 cm³/mol. The van der Waals surface area contributed by atoms with Crippen LogP contribution in [0.3, 0.4) is 0 Å². The Kier molecular flexibility index (Phi) is 4.13. The third-order valence-electron chi connectivity index (χ3n) is 1.99. The van der Waals surface area contributed by atoms with Crippen molar-refractivity contribution in [3.05, 3.63) is 35.9 Å². The van der Waals surface area contributed by atoms with Gasteiger partial charge >= 0.3 is 0 Å². The quantitative estimate of drug-likeness (QED) is 0.753. The predicted octanol–water partition coefficient (Wildman–Crippen LogP) is 1.21. The Hall–Kier alpha value is -1.35. The molecule has 0 aliphatic heterocycles. The summed E-state index contributed by atoms with van der Waals surface area (Å²) in [7, 11) is 0. The summed E-state index contributed by atoms with van der Waals surface area (Å²) in [4.78, 5) is 11.5. The first kappa shape index (κ1) is 10.7. The maximum absolute atomic E-state index is 11.5. The van der Waals surface area contributed by atoms with Gasteiger partial charge in [0.05, 0.1) is 0 Å². The molecule has 1 rings (SSSR count). The highest BCUT2D eigenvalue weighted by Crippen LogP contribution is 2.08. The highest BCUT2D eigenvalue weighted by Gasteiger charge is 2.13. The maximum Gasteiger partial charge on any atom is 0.241 e. The van der Waals surface area contributed by atoms with E-state index in [1.54, 1.807) is 0 Å².